The predicted molar refractivity (Wildman–Crippen MR) is 124 cm³/mol. The summed E-state index contributed by atoms with van der Waals surface area (Å²) in [5, 5.41) is 0. The van der Waals surface area contributed by atoms with E-state index >= 15 is 0 Å². The molecule has 0 aromatic heterocycles. The second kappa shape index (κ2) is 10.4. The van der Waals surface area contributed by atoms with Crippen molar-refractivity contribution in [3.8, 4) is 5.75 Å². The number of amides is 2. The van der Waals surface area contributed by atoms with Gasteiger partial charge in [0.25, 0.3) is 0 Å². The molecule has 8 nitrogen and oxygen atoms in total. The molecule has 1 unspecified atom stereocenters. The van der Waals surface area contributed by atoms with Gasteiger partial charge in [0.15, 0.2) is 0 Å². The minimum Gasteiger partial charge on any atom is -0.497 e. The lowest BCUT2D eigenvalue weighted by atomic mass is 9.92. The fourth-order valence-electron chi connectivity index (χ4n) is 5.24. The molecule has 0 radical (unpaired) electrons. The third-order valence-electron chi connectivity index (χ3n) is 7.25. The Morgan fingerprint density at radius 3 is 2.03 bits per heavy atom. The van der Waals surface area contributed by atoms with Crippen molar-refractivity contribution in [1.82, 2.24) is 14.1 Å². The van der Waals surface area contributed by atoms with Crippen LogP contribution in [-0.4, -0.2) is 80.7 Å². The quantitative estimate of drug-likeness (QED) is 0.650. The maximum atomic E-state index is 13.2. The molecular formula is C24H35N3O5S. The van der Waals surface area contributed by atoms with E-state index in [0.29, 0.717) is 51.1 Å². The maximum Gasteiger partial charge on any atom is 0.243 e. The Labute approximate surface area is 196 Å². The number of nitrogens with zero attached hydrogens (tertiary/aromatic N) is 3. The first kappa shape index (κ1) is 24.0. The Morgan fingerprint density at radius 1 is 0.788 bits per heavy atom. The third-order valence-corrected chi connectivity index (χ3v) is 9.13. The maximum absolute atomic E-state index is 13.2. The molecule has 3 saturated heterocycles. The molecule has 33 heavy (non-hydrogen) atoms. The van der Waals surface area contributed by atoms with Gasteiger partial charge in [-0.3, -0.25) is 9.59 Å². The number of carbonyl (C=O) groups is 2. The summed E-state index contributed by atoms with van der Waals surface area (Å²) in [5.74, 6) is 0.541. The SMILES string of the molecule is COc1ccc(S(=O)(=O)N2CCCC(C(=O)N3CCC(C(=O)N4CCCCC4)CC3)C2)cc1. The van der Waals surface area contributed by atoms with Gasteiger partial charge in [-0.2, -0.15) is 4.31 Å². The van der Waals surface area contributed by atoms with Crippen LogP contribution in [0.25, 0.3) is 0 Å². The lowest BCUT2D eigenvalue weighted by molar-refractivity contribution is -0.143. The normalized spacial score (nSPS) is 23.4. The Bertz CT molecular complexity index is 935. The molecule has 182 valence electrons. The molecule has 3 fully saturated rings. The smallest absolute Gasteiger partial charge is 0.243 e. The molecule has 1 aromatic carbocycles. The average molecular weight is 478 g/mol. The van der Waals surface area contributed by atoms with Crippen molar-refractivity contribution < 1.29 is 22.7 Å². The molecule has 0 bridgehead atoms. The summed E-state index contributed by atoms with van der Waals surface area (Å²) in [7, 11) is -2.12. The minimum atomic E-state index is -3.66. The largest absolute Gasteiger partial charge is 0.497 e. The van der Waals surface area contributed by atoms with Gasteiger partial charge >= 0.3 is 0 Å². The molecule has 4 rings (SSSR count). The zero-order valence-corrected chi connectivity index (χ0v) is 20.3. The first-order valence-electron chi connectivity index (χ1n) is 12.1. The summed E-state index contributed by atoms with van der Waals surface area (Å²) >= 11 is 0. The van der Waals surface area contributed by atoms with Crippen LogP contribution in [0.3, 0.4) is 0 Å². The standard InChI is InChI=1S/C24H35N3O5S/c1-32-21-7-9-22(10-8-21)33(30,31)27-15-5-6-20(18-27)24(29)26-16-11-19(12-17-26)23(28)25-13-3-2-4-14-25/h7-10,19-20H,2-6,11-18H2,1H3. The molecule has 0 spiro atoms. The number of hydrogen-bond acceptors (Lipinski definition) is 5. The Kier molecular flexibility index (Phi) is 7.58. The first-order valence-corrected chi connectivity index (χ1v) is 13.6. The number of hydrogen-bond donors (Lipinski definition) is 0. The molecular weight excluding hydrogens is 442 g/mol. The highest BCUT2D eigenvalue weighted by molar-refractivity contribution is 7.89. The molecule has 1 aromatic rings. The summed E-state index contributed by atoms with van der Waals surface area (Å²) in [5.41, 5.74) is 0. The van der Waals surface area contributed by atoms with E-state index in [0.717, 1.165) is 25.9 Å². The predicted octanol–water partition coefficient (Wildman–Crippen LogP) is 2.35. The number of sulfonamides is 1. The summed E-state index contributed by atoms with van der Waals surface area (Å²) in [4.78, 5) is 30.1. The number of rotatable bonds is 5. The fraction of sp³-hybridized carbons (Fsp3) is 0.667. The van der Waals surface area contributed by atoms with Crippen molar-refractivity contribution in [2.75, 3.05) is 46.4 Å². The topological polar surface area (TPSA) is 87.2 Å². The molecule has 2 amide bonds. The van der Waals surface area contributed by atoms with Crippen molar-refractivity contribution in [1.29, 1.82) is 0 Å². The highest BCUT2D eigenvalue weighted by Gasteiger charge is 2.37. The van der Waals surface area contributed by atoms with E-state index < -0.39 is 10.0 Å². The van der Waals surface area contributed by atoms with Crippen LogP contribution in [0.2, 0.25) is 0 Å². The van der Waals surface area contributed by atoms with Gasteiger partial charge in [-0.05, 0) is 69.2 Å². The second-order valence-electron chi connectivity index (χ2n) is 9.36. The number of benzene rings is 1. The van der Waals surface area contributed by atoms with Gasteiger partial charge in [-0.15, -0.1) is 0 Å². The van der Waals surface area contributed by atoms with Gasteiger partial charge < -0.3 is 14.5 Å². The lowest BCUT2D eigenvalue weighted by Crippen LogP contribution is -2.50. The van der Waals surface area contributed by atoms with Crippen LogP contribution >= 0.6 is 0 Å². The molecule has 3 heterocycles. The summed E-state index contributed by atoms with van der Waals surface area (Å²) in [6.07, 6.45) is 6.11. The Balaban J connectivity index is 1.33. The zero-order valence-electron chi connectivity index (χ0n) is 19.4. The molecule has 0 aliphatic carbocycles. The van der Waals surface area contributed by atoms with Crippen molar-refractivity contribution in [2.45, 2.75) is 49.8 Å². The second-order valence-corrected chi connectivity index (χ2v) is 11.3. The summed E-state index contributed by atoms with van der Waals surface area (Å²) in [6, 6.07) is 6.36. The monoisotopic (exact) mass is 477 g/mol. The van der Waals surface area contributed by atoms with E-state index in [9.17, 15) is 18.0 Å². The Morgan fingerprint density at radius 2 is 1.39 bits per heavy atom. The van der Waals surface area contributed by atoms with Crippen molar-refractivity contribution in [2.24, 2.45) is 11.8 Å². The molecule has 1 atom stereocenters. The molecule has 3 aliphatic heterocycles. The number of ether oxygens (including phenoxy) is 1. The van der Waals surface area contributed by atoms with Crippen LogP contribution in [0.1, 0.15) is 44.9 Å². The van der Waals surface area contributed by atoms with E-state index in [4.69, 9.17) is 4.74 Å². The fourth-order valence-corrected chi connectivity index (χ4v) is 6.76. The van der Waals surface area contributed by atoms with Crippen molar-refractivity contribution in [3.05, 3.63) is 24.3 Å². The molecule has 9 heteroatoms. The highest BCUT2D eigenvalue weighted by Crippen LogP contribution is 2.28. The lowest BCUT2D eigenvalue weighted by Gasteiger charge is -2.38. The van der Waals surface area contributed by atoms with Gasteiger partial charge in [0.05, 0.1) is 17.9 Å². The summed E-state index contributed by atoms with van der Waals surface area (Å²) in [6.45, 7) is 3.50. The molecule has 0 N–H and O–H groups in total. The van der Waals surface area contributed by atoms with Crippen LogP contribution in [0.15, 0.2) is 29.2 Å². The van der Waals surface area contributed by atoms with Crippen LogP contribution in [0.5, 0.6) is 5.75 Å². The molecule has 0 saturated carbocycles. The minimum absolute atomic E-state index is 0.00505. The summed E-state index contributed by atoms with van der Waals surface area (Å²) < 4.78 is 32.8. The van der Waals surface area contributed by atoms with Crippen LogP contribution in [0.4, 0.5) is 0 Å². The molecule has 3 aliphatic rings. The van der Waals surface area contributed by atoms with E-state index in [2.05, 4.69) is 0 Å². The van der Waals surface area contributed by atoms with Gasteiger partial charge in [0.1, 0.15) is 5.75 Å². The number of likely N-dealkylation sites (tertiary alicyclic amines) is 2. The van der Waals surface area contributed by atoms with Crippen LogP contribution < -0.4 is 4.74 Å². The van der Waals surface area contributed by atoms with Gasteiger partial charge in [-0.25, -0.2) is 8.42 Å². The van der Waals surface area contributed by atoms with Gasteiger partial charge in [-0.1, -0.05) is 0 Å². The number of methoxy groups -OCH3 is 1. The number of carbonyl (C=O) groups excluding carboxylic acids is 2. The first-order chi connectivity index (χ1) is 15.9. The van der Waals surface area contributed by atoms with E-state index in [1.54, 1.807) is 24.3 Å². The third kappa shape index (κ3) is 5.35. The van der Waals surface area contributed by atoms with E-state index in [1.165, 1.54) is 17.8 Å². The van der Waals surface area contributed by atoms with Crippen LogP contribution in [0, 0.1) is 11.8 Å². The van der Waals surface area contributed by atoms with Crippen molar-refractivity contribution in [3.63, 3.8) is 0 Å². The van der Waals surface area contributed by atoms with Crippen LogP contribution in [-0.2, 0) is 19.6 Å². The van der Waals surface area contributed by atoms with Gasteiger partial charge in [0.2, 0.25) is 21.8 Å². The Hall–Kier alpha value is -2.13. The van der Waals surface area contributed by atoms with Gasteiger partial charge in [0, 0.05) is 45.2 Å². The van der Waals surface area contributed by atoms with Crippen molar-refractivity contribution >= 4 is 21.8 Å². The average Bonchev–Trinajstić information content (AvgIpc) is 2.88. The highest BCUT2D eigenvalue weighted by atomic mass is 32.2. The zero-order chi connectivity index (χ0) is 23.4. The number of piperidine rings is 3. The van der Waals surface area contributed by atoms with E-state index in [1.807, 2.05) is 9.80 Å². The van der Waals surface area contributed by atoms with E-state index in [-0.39, 0.29) is 35.1 Å².